The van der Waals surface area contributed by atoms with Gasteiger partial charge < -0.3 is 5.32 Å². The molecule has 0 saturated carbocycles. The standard InChI is InChI=1S/C13H19N3/c1-4-7-14-9-12(2)16(3)11-13-6-5-8-15-10-13/h1,5-6,8,10,12,14H,7,9,11H2,2-3H3. The molecule has 0 aromatic carbocycles. The molecule has 1 unspecified atom stereocenters. The Balaban J connectivity index is 2.34. The molecule has 0 bridgehead atoms. The fraction of sp³-hybridized carbons (Fsp3) is 0.462. The van der Waals surface area contributed by atoms with Crippen LogP contribution < -0.4 is 5.32 Å². The number of pyridine rings is 1. The Morgan fingerprint density at radius 2 is 2.44 bits per heavy atom. The first-order chi connectivity index (χ1) is 7.74. The molecule has 1 heterocycles. The number of nitrogens with zero attached hydrogens (tertiary/aromatic N) is 2. The fourth-order valence-corrected chi connectivity index (χ4v) is 1.44. The third kappa shape index (κ3) is 4.43. The molecule has 0 amide bonds. The minimum atomic E-state index is 0.452. The second-order valence-corrected chi connectivity index (χ2v) is 3.96. The summed E-state index contributed by atoms with van der Waals surface area (Å²) in [6, 6.07) is 4.50. The number of nitrogens with one attached hydrogen (secondary N) is 1. The van der Waals surface area contributed by atoms with Crippen molar-refractivity contribution in [2.24, 2.45) is 0 Å². The van der Waals surface area contributed by atoms with Gasteiger partial charge in [-0.1, -0.05) is 12.0 Å². The summed E-state index contributed by atoms with van der Waals surface area (Å²) in [5.74, 6) is 2.57. The predicted octanol–water partition coefficient (Wildman–Crippen LogP) is 1.12. The Kier molecular flexibility index (Phi) is 5.55. The molecule has 1 aromatic heterocycles. The van der Waals surface area contributed by atoms with E-state index in [2.05, 4.69) is 41.2 Å². The molecule has 16 heavy (non-hydrogen) atoms. The Morgan fingerprint density at radius 3 is 3.06 bits per heavy atom. The van der Waals surface area contributed by atoms with Crippen molar-refractivity contribution < 1.29 is 0 Å². The lowest BCUT2D eigenvalue weighted by atomic mass is 10.2. The zero-order valence-corrected chi connectivity index (χ0v) is 9.98. The average molecular weight is 217 g/mol. The lowest BCUT2D eigenvalue weighted by Gasteiger charge is -2.24. The summed E-state index contributed by atoms with van der Waals surface area (Å²) in [6.45, 7) is 4.62. The van der Waals surface area contributed by atoms with Gasteiger partial charge in [0.25, 0.3) is 0 Å². The Hall–Kier alpha value is -1.37. The van der Waals surface area contributed by atoms with Crippen LogP contribution in [-0.2, 0) is 6.54 Å². The first-order valence-electron chi connectivity index (χ1n) is 5.47. The van der Waals surface area contributed by atoms with Gasteiger partial charge in [0.15, 0.2) is 0 Å². The first kappa shape index (κ1) is 12.7. The van der Waals surface area contributed by atoms with Gasteiger partial charge >= 0.3 is 0 Å². The highest BCUT2D eigenvalue weighted by molar-refractivity contribution is 5.08. The zero-order valence-electron chi connectivity index (χ0n) is 9.98. The van der Waals surface area contributed by atoms with E-state index in [1.165, 1.54) is 5.56 Å². The van der Waals surface area contributed by atoms with Crippen LogP contribution in [0.5, 0.6) is 0 Å². The van der Waals surface area contributed by atoms with E-state index in [0.29, 0.717) is 12.6 Å². The number of likely N-dealkylation sites (N-methyl/N-ethyl adjacent to an activating group) is 1. The maximum Gasteiger partial charge on any atom is 0.0574 e. The van der Waals surface area contributed by atoms with Gasteiger partial charge in [0.2, 0.25) is 0 Å². The third-order valence-electron chi connectivity index (χ3n) is 2.57. The summed E-state index contributed by atoms with van der Waals surface area (Å²) in [5.41, 5.74) is 1.23. The normalized spacial score (nSPS) is 12.4. The van der Waals surface area contributed by atoms with Gasteiger partial charge in [-0.15, -0.1) is 6.42 Å². The van der Waals surface area contributed by atoms with Gasteiger partial charge in [-0.3, -0.25) is 9.88 Å². The Morgan fingerprint density at radius 1 is 1.62 bits per heavy atom. The van der Waals surface area contributed by atoms with Crippen LogP contribution in [0.15, 0.2) is 24.5 Å². The summed E-state index contributed by atoms with van der Waals surface area (Å²) >= 11 is 0. The molecule has 1 N–H and O–H groups in total. The molecule has 0 saturated heterocycles. The smallest absolute Gasteiger partial charge is 0.0574 e. The fourth-order valence-electron chi connectivity index (χ4n) is 1.44. The lowest BCUT2D eigenvalue weighted by Crippen LogP contribution is -2.37. The average Bonchev–Trinajstić information content (AvgIpc) is 2.30. The highest BCUT2D eigenvalue weighted by Crippen LogP contribution is 2.03. The largest absolute Gasteiger partial charge is 0.305 e. The van der Waals surface area contributed by atoms with Gasteiger partial charge in [-0.2, -0.15) is 0 Å². The molecule has 3 heteroatoms. The van der Waals surface area contributed by atoms with E-state index in [0.717, 1.165) is 13.1 Å². The van der Waals surface area contributed by atoms with Crippen LogP contribution in [0.2, 0.25) is 0 Å². The number of hydrogen-bond donors (Lipinski definition) is 1. The van der Waals surface area contributed by atoms with Crippen LogP contribution >= 0.6 is 0 Å². The van der Waals surface area contributed by atoms with Crippen LogP contribution in [0.25, 0.3) is 0 Å². The molecule has 1 atom stereocenters. The molecule has 3 nitrogen and oxygen atoms in total. The van der Waals surface area contributed by atoms with E-state index >= 15 is 0 Å². The molecule has 86 valence electrons. The first-order valence-corrected chi connectivity index (χ1v) is 5.47. The number of terminal acetylenes is 1. The summed E-state index contributed by atoms with van der Waals surface area (Å²) in [7, 11) is 2.11. The highest BCUT2D eigenvalue weighted by atomic mass is 15.1. The van der Waals surface area contributed by atoms with E-state index in [-0.39, 0.29) is 0 Å². The van der Waals surface area contributed by atoms with Crippen LogP contribution in [0, 0.1) is 12.3 Å². The number of aromatic nitrogens is 1. The molecule has 0 aliphatic rings. The zero-order chi connectivity index (χ0) is 11.8. The van der Waals surface area contributed by atoms with Crippen LogP contribution in [0.4, 0.5) is 0 Å². The summed E-state index contributed by atoms with van der Waals surface area (Å²) in [6.07, 6.45) is 8.87. The van der Waals surface area contributed by atoms with Crippen molar-refractivity contribution in [2.45, 2.75) is 19.5 Å². The van der Waals surface area contributed by atoms with E-state index < -0.39 is 0 Å². The molecule has 0 spiro atoms. The molecule has 0 fully saturated rings. The van der Waals surface area contributed by atoms with Crippen molar-refractivity contribution in [3.8, 4) is 12.3 Å². The van der Waals surface area contributed by atoms with Gasteiger partial charge in [-0.25, -0.2) is 0 Å². The second-order valence-electron chi connectivity index (χ2n) is 3.96. The monoisotopic (exact) mass is 217 g/mol. The number of hydrogen-bond acceptors (Lipinski definition) is 3. The Labute approximate surface area is 97.9 Å². The maximum absolute atomic E-state index is 5.18. The Bertz CT molecular complexity index is 329. The molecular weight excluding hydrogens is 198 g/mol. The summed E-state index contributed by atoms with van der Waals surface area (Å²) < 4.78 is 0. The van der Waals surface area contributed by atoms with Gasteiger partial charge in [0.1, 0.15) is 0 Å². The van der Waals surface area contributed by atoms with Crippen molar-refractivity contribution in [3.63, 3.8) is 0 Å². The highest BCUT2D eigenvalue weighted by Gasteiger charge is 2.08. The van der Waals surface area contributed by atoms with Crippen LogP contribution in [0.1, 0.15) is 12.5 Å². The van der Waals surface area contributed by atoms with E-state index in [9.17, 15) is 0 Å². The minimum Gasteiger partial charge on any atom is -0.305 e. The maximum atomic E-state index is 5.18. The molecule has 0 radical (unpaired) electrons. The number of rotatable bonds is 6. The van der Waals surface area contributed by atoms with Gasteiger partial charge in [0.05, 0.1) is 6.54 Å². The van der Waals surface area contributed by atoms with Gasteiger partial charge in [0, 0.05) is 31.5 Å². The molecule has 0 aliphatic carbocycles. The summed E-state index contributed by atoms with van der Waals surface area (Å²) in [5, 5.41) is 3.21. The molecule has 1 rings (SSSR count). The van der Waals surface area contributed by atoms with Crippen molar-refractivity contribution in [2.75, 3.05) is 20.1 Å². The van der Waals surface area contributed by atoms with E-state index in [1.807, 2.05) is 12.3 Å². The molecule has 1 aromatic rings. The quantitative estimate of drug-likeness (QED) is 0.572. The van der Waals surface area contributed by atoms with Crippen LogP contribution in [-0.4, -0.2) is 36.1 Å². The van der Waals surface area contributed by atoms with Crippen molar-refractivity contribution in [3.05, 3.63) is 30.1 Å². The lowest BCUT2D eigenvalue weighted by molar-refractivity contribution is 0.244. The van der Waals surface area contributed by atoms with E-state index in [4.69, 9.17) is 6.42 Å². The minimum absolute atomic E-state index is 0.452. The van der Waals surface area contributed by atoms with Crippen molar-refractivity contribution in [1.82, 2.24) is 15.2 Å². The SMILES string of the molecule is C#CCNCC(C)N(C)Cc1cccnc1. The van der Waals surface area contributed by atoms with Crippen molar-refractivity contribution in [1.29, 1.82) is 0 Å². The van der Waals surface area contributed by atoms with E-state index in [1.54, 1.807) is 6.20 Å². The van der Waals surface area contributed by atoms with Crippen molar-refractivity contribution >= 4 is 0 Å². The predicted molar refractivity (Wildman–Crippen MR) is 66.9 cm³/mol. The van der Waals surface area contributed by atoms with Crippen LogP contribution in [0.3, 0.4) is 0 Å². The topological polar surface area (TPSA) is 28.2 Å². The molecule has 0 aliphatic heterocycles. The second kappa shape index (κ2) is 7.00. The summed E-state index contributed by atoms with van der Waals surface area (Å²) in [4.78, 5) is 6.38. The third-order valence-corrected chi connectivity index (χ3v) is 2.57. The van der Waals surface area contributed by atoms with Gasteiger partial charge in [-0.05, 0) is 25.6 Å². The molecular formula is C13H19N3.